The van der Waals surface area contributed by atoms with Crippen LogP contribution in [0.3, 0.4) is 0 Å². The van der Waals surface area contributed by atoms with Crippen molar-refractivity contribution in [1.29, 1.82) is 0 Å². The van der Waals surface area contributed by atoms with Crippen LogP contribution in [0.1, 0.15) is 31.1 Å². The monoisotopic (exact) mass is 364 g/mol. The van der Waals surface area contributed by atoms with Crippen molar-refractivity contribution in [3.63, 3.8) is 0 Å². The van der Waals surface area contributed by atoms with Crippen LogP contribution in [0, 0.1) is 9.39 Å². The number of fused-ring (bicyclic) bond motifs is 1. The van der Waals surface area contributed by atoms with Gasteiger partial charge in [-0.2, -0.15) is 0 Å². The molecule has 1 aliphatic rings. The molecule has 2 nitrogen and oxygen atoms in total. The number of imidazole rings is 1. The molecule has 1 saturated carbocycles. The van der Waals surface area contributed by atoms with E-state index in [1.165, 1.54) is 6.42 Å². The Bertz CT molecular complexity index is 577. The second-order valence-electron chi connectivity index (χ2n) is 4.37. The molecule has 1 aromatic carbocycles. The second kappa shape index (κ2) is 4.39. The van der Waals surface area contributed by atoms with Gasteiger partial charge in [-0.15, -0.1) is 11.6 Å². The fraction of sp³-hybridized carbons (Fsp3) is 0.417. The maximum atomic E-state index is 13.6. The second-order valence-corrected chi connectivity index (χ2v) is 5.80. The molecule has 1 aliphatic carbocycles. The molecule has 0 spiro atoms. The van der Waals surface area contributed by atoms with Crippen LogP contribution in [0.15, 0.2) is 12.1 Å². The van der Waals surface area contributed by atoms with Gasteiger partial charge in [0, 0.05) is 12.1 Å². The molecule has 90 valence electrons. The van der Waals surface area contributed by atoms with Crippen molar-refractivity contribution >= 4 is 45.2 Å². The third-order valence-corrected chi connectivity index (χ3v) is 4.43. The molecular formula is C12H11ClFIN2. The molecule has 0 saturated heterocycles. The van der Waals surface area contributed by atoms with E-state index in [9.17, 15) is 4.39 Å². The first kappa shape index (κ1) is 11.7. The number of hydrogen-bond donors (Lipinski definition) is 0. The number of nitrogens with zero attached hydrogens (tertiary/aromatic N) is 2. The van der Waals surface area contributed by atoms with E-state index in [1.807, 2.05) is 22.6 Å². The number of aromatic nitrogens is 2. The molecule has 2 aromatic rings. The molecule has 5 heteroatoms. The van der Waals surface area contributed by atoms with Gasteiger partial charge in [0.2, 0.25) is 0 Å². The smallest absolute Gasteiger partial charge is 0.138 e. The summed E-state index contributed by atoms with van der Waals surface area (Å²) in [4.78, 5) is 4.50. The Labute approximate surface area is 117 Å². The lowest BCUT2D eigenvalue weighted by Gasteiger charge is -2.28. The molecule has 0 amide bonds. The fourth-order valence-electron chi connectivity index (χ4n) is 2.29. The van der Waals surface area contributed by atoms with E-state index in [4.69, 9.17) is 11.6 Å². The van der Waals surface area contributed by atoms with Crippen LogP contribution in [0.5, 0.6) is 0 Å². The number of rotatable bonds is 2. The highest BCUT2D eigenvalue weighted by molar-refractivity contribution is 14.1. The minimum atomic E-state index is -0.181. The summed E-state index contributed by atoms with van der Waals surface area (Å²) in [7, 11) is 0. The van der Waals surface area contributed by atoms with E-state index in [0.29, 0.717) is 15.5 Å². The third-order valence-electron chi connectivity index (χ3n) is 3.36. The van der Waals surface area contributed by atoms with E-state index in [1.54, 1.807) is 12.1 Å². The van der Waals surface area contributed by atoms with Gasteiger partial charge in [0.1, 0.15) is 11.6 Å². The molecule has 1 fully saturated rings. The Balaban J connectivity index is 2.25. The maximum Gasteiger partial charge on any atom is 0.138 e. The Morgan fingerprint density at radius 3 is 2.82 bits per heavy atom. The minimum absolute atomic E-state index is 0.181. The van der Waals surface area contributed by atoms with E-state index in [-0.39, 0.29) is 5.82 Å². The molecule has 0 aliphatic heterocycles. The predicted molar refractivity (Wildman–Crippen MR) is 74.9 cm³/mol. The lowest BCUT2D eigenvalue weighted by atomic mass is 9.92. The summed E-state index contributed by atoms with van der Waals surface area (Å²) < 4.78 is 16.4. The summed E-state index contributed by atoms with van der Waals surface area (Å²) >= 11 is 7.92. The van der Waals surface area contributed by atoms with Crippen LogP contribution in [-0.4, -0.2) is 9.55 Å². The first-order valence-electron chi connectivity index (χ1n) is 5.62. The van der Waals surface area contributed by atoms with Crippen molar-refractivity contribution < 1.29 is 4.39 Å². The molecule has 0 unspecified atom stereocenters. The molecule has 0 N–H and O–H groups in total. The molecule has 3 rings (SSSR count). The van der Waals surface area contributed by atoms with Crippen molar-refractivity contribution in [2.75, 3.05) is 0 Å². The molecule has 0 bridgehead atoms. The third kappa shape index (κ3) is 1.85. The van der Waals surface area contributed by atoms with Gasteiger partial charge < -0.3 is 4.57 Å². The zero-order valence-corrected chi connectivity index (χ0v) is 12.0. The fourth-order valence-corrected chi connectivity index (χ4v) is 2.93. The summed E-state index contributed by atoms with van der Waals surface area (Å²) in [5.41, 5.74) is 1.72. The lowest BCUT2D eigenvalue weighted by molar-refractivity contribution is 0.315. The molecule has 0 radical (unpaired) electrons. The van der Waals surface area contributed by atoms with Crippen molar-refractivity contribution in [3.8, 4) is 0 Å². The van der Waals surface area contributed by atoms with Gasteiger partial charge in [0.15, 0.2) is 0 Å². The van der Waals surface area contributed by atoms with Gasteiger partial charge in [-0.1, -0.05) is 0 Å². The van der Waals surface area contributed by atoms with Crippen molar-refractivity contribution in [2.24, 2.45) is 0 Å². The van der Waals surface area contributed by atoms with E-state index < -0.39 is 0 Å². The molecule has 0 atom stereocenters. The van der Waals surface area contributed by atoms with Crippen molar-refractivity contribution in [3.05, 3.63) is 27.3 Å². The van der Waals surface area contributed by atoms with E-state index >= 15 is 0 Å². The number of halogens is 3. The first-order valence-corrected chi connectivity index (χ1v) is 7.24. The quantitative estimate of drug-likeness (QED) is 0.575. The van der Waals surface area contributed by atoms with E-state index in [0.717, 1.165) is 29.7 Å². The van der Waals surface area contributed by atoms with Crippen LogP contribution in [-0.2, 0) is 5.88 Å². The highest BCUT2D eigenvalue weighted by atomic mass is 127. The Kier molecular flexibility index (Phi) is 3.02. The number of benzene rings is 1. The average Bonchev–Trinajstić information content (AvgIpc) is 2.56. The zero-order valence-electron chi connectivity index (χ0n) is 9.09. The van der Waals surface area contributed by atoms with Crippen LogP contribution in [0.25, 0.3) is 11.0 Å². The zero-order chi connectivity index (χ0) is 12.0. The van der Waals surface area contributed by atoms with Gasteiger partial charge in [-0.05, 0) is 47.9 Å². The average molecular weight is 365 g/mol. The van der Waals surface area contributed by atoms with Gasteiger partial charge in [-0.25, -0.2) is 9.37 Å². The standard InChI is InChI=1S/C12H11ClFIN2/c13-6-12-16-10-5-9(15)8(14)4-11(10)17(12)7-2-1-3-7/h4-5,7H,1-3,6H2. The van der Waals surface area contributed by atoms with Gasteiger partial charge in [0.05, 0.1) is 20.5 Å². The number of alkyl halides is 1. The largest absolute Gasteiger partial charge is 0.324 e. The molecule has 17 heavy (non-hydrogen) atoms. The minimum Gasteiger partial charge on any atom is -0.324 e. The van der Waals surface area contributed by atoms with Crippen LogP contribution >= 0.6 is 34.2 Å². The summed E-state index contributed by atoms with van der Waals surface area (Å²) in [6.45, 7) is 0. The topological polar surface area (TPSA) is 17.8 Å². The maximum absolute atomic E-state index is 13.6. The highest BCUT2D eigenvalue weighted by Crippen LogP contribution is 2.36. The normalized spacial score (nSPS) is 16.4. The Morgan fingerprint density at radius 2 is 2.24 bits per heavy atom. The van der Waals surface area contributed by atoms with Crippen LogP contribution in [0.4, 0.5) is 4.39 Å². The Hall–Kier alpha value is -0.360. The van der Waals surface area contributed by atoms with Crippen LogP contribution in [0.2, 0.25) is 0 Å². The summed E-state index contributed by atoms with van der Waals surface area (Å²) in [5.74, 6) is 1.05. The summed E-state index contributed by atoms with van der Waals surface area (Å²) in [6.07, 6.45) is 3.52. The summed E-state index contributed by atoms with van der Waals surface area (Å²) in [5, 5.41) is 0. The van der Waals surface area contributed by atoms with Crippen molar-refractivity contribution in [2.45, 2.75) is 31.2 Å². The van der Waals surface area contributed by atoms with Gasteiger partial charge >= 0.3 is 0 Å². The molecule has 1 heterocycles. The summed E-state index contributed by atoms with van der Waals surface area (Å²) in [6, 6.07) is 3.82. The Morgan fingerprint density at radius 1 is 1.47 bits per heavy atom. The first-order chi connectivity index (χ1) is 8.20. The van der Waals surface area contributed by atoms with Crippen molar-refractivity contribution in [1.82, 2.24) is 9.55 Å². The SMILES string of the molecule is Fc1cc2c(cc1I)nc(CCl)n2C1CCC1. The van der Waals surface area contributed by atoms with Gasteiger partial charge in [0.25, 0.3) is 0 Å². The predicted octanol–water partition coefficient (Wildman–Crippen LogP) is 4.24. The van der Waals surface area contributed by atoms with Gasteiger partial charge in [-0.3, -0.25) is 0 Å². The molecular weight excluding hydrogens is 354 g/mol. The van der Waals surface area contributed by atoms with Crippen LogP contribution < -0.4 is 0 Å². The lowest BCUT2D eigenvalue weighted by Crippen LogP contribution is -2.18. The highest BCUT2D eigenvalue weighted by Gasteiger charge is 2.24. The van der Waals surface area contributed by atoms with E-state index in [2.05, 4.69) is 9.55 Å². The number of hydrogen-bond acceptors (Lipinski definition) is 1. The molecule has 1 aromatic heterocycles.